The molecule has 3 heterocycles. The summed E-state index contributed by atoms with van der Waals surface area (Å²) in [7, 11) is 0. The van der Waals surface area contributed by atoms with Crippen LogP contribution < -0.4 is 5.32 Å². The molecule has 0 unspecified atom stereocenters. The molecule has 0 saturated heterocycles. The molecule has 27 heavy (non-hydrogen) atoms. The summed E-state index contributed by atoms with van der Waals surface area (Å²) < 4.78 is 1.89. The van der Waals surface area contributed by atoms with E-state index in [0.717, 1.165) is 59.6 Å². The highest BCUT2D eigenvalue weighted by Gasteiger charge is 2.29. The summed E-state index contributed by atoms with van der Waals surface area (Å²) in [6.07, 6.45) is 8.68. The molecule has 134 valence electrons. The zero-order valence-electron chi connectivity index (χ0n) is 15.0. The monoisotopic (exact) mass is 356 g/mol. The number of aryl methyl sites for hydroxylation is 2. The van der Waals surface area contributed by atoms with Crippen molar-refractivity contribution in [3.8, 4) is 11.3 Å². The first-order valence-electron chi connectivity index (χ1n) is 9.40. The maximum atomic E-state index is 12.5. The Bertz CT molecular complexity index is 1050. The van der Waals surface area contributed by atoms with Crippen LogP contribution in [0.15, 0.2) is 42.6 Å². The lowest BCUT2D eigenvalue weighted by Crippen LogP contribution is -2.24. The number of hydrogen-bond acceptors (Lipinski definition) is 3. The molecule has 1 aliphatic carbocycles. The van der Waals surface area contributed by atoms with Gasteiger partial charge in [0.2, 0.25) is 0 Å². The van der Waals surface area contributed by atoms with E-state index in [1.165, 1.54) is 5.56 Å². The van der Waals surface area contributed by atoms with Crippen LogP contribution in [0.4, 0.5) is 0 Å². The van der Waals surface area contributed by atoms with E-state index in [1.807, 2.05) is 35.2 Å². The topological polar surface area (TPSA) is 59.8 Å². The van der Waals surface area contributed by atoms with Crippen molar-refractivity contribution in [2.45, 2.75) is 25.8 Å². The van der Waals surface area contributed by atoms with Crippen molar-refractivity contribution >= 4 is 18.1 Å². The lowest BCUT2D eigenvalue weighted by atomic mass is 9.89. The highest BCUT2D eigenvalue weighted by atomic mass is 16.2. The molecule has 1 amide bonds. The number of nitrogens with one attached hydrogen (secondary N) is 1. The van der Waals surface area contributed by atoms with E-state index in [1.54, 1.807) is 0 Å². The molecule has 0 spiro atoms. The molecule has 1 N–H and O–H groups in total. The lowest BCUT2D eigenvalue weighted by molar-refractivity contribution is 0.0949. The zero-order chi connectivity index (χ0) is 18.2. The lowest BCUT2D eigenvalue weighted by Gasteiger charge is -2.16. The Morgan fingerprint density at radius 3 is 2.89 bits per heavy atom. The van der Waals surface area contributed by atoms with E-state index in [-0.39, 0.29) is 5.91 Å². The third kappa shape index (κ3) is 2.85. The van der Waals surface area contributed by atoms with Gasteiger partial charge in [0.15, 0.2) is 0 Å². The van der Waals surface area contributed by atoms with Crippen LogP contribution in [-0.4, -0.2) is 27.2 Å². The van der Waals surface area contributed by atoms with Gasteiger partial charge in [-0.25, -0.2) is 0 Å². The number of nitrogens with zero attached hydrogens (tertiary/aromatic N) is 3. The van der Waals surface area contributed by atoms with Crippen molar-refractivity contribution < 1.29 is 4.79 Å². The standard InChI is InChI=1S/C22H20N4O/c27-22-21-18-10-8-16-14-24-17(9-7-15-5-2-1-3-6-15)13-19(16)20(18)25-26(21)12-4-11-23-22/h1-3,5-7,9,13-14H,4,8,10-12H2,(H,23,27). The molecular formula is C22H20N4O. The minimum absolute atomic E-state index is 0.00273. The van der Waals surface area contributed by atoms with Crippen molar-refractivity contribution in [3.05, 3.63) is 70.7 Å². The summed E-state index contributed by atoms with van der Waals surface area (Å²) >= 11 is 0. The minimum atomic E-state index is 0.00273. The maximum absolute atomic E-state index is 12.5. The Hall–Kier alpha value is -3.21. The average Bonchev–Trinajstić information content (AvgIpc) is 2.99. The number of rotatable bonds is 2. The van der Waals surface area contributed by atoms with Gasteiger partial charge in [0.25, 0.3) is 5.91 Å². The SMILES string of the molecule is O=C1NCCCn2nc3c(c21)CCc1cnc(C=Cc2ccccc2)cc1-3. The molecule has 3 aromatic rings. The fraction of sp³-hybridized carbons (Fsp3) is 0.227. The van der Waals surface area contributed by atoms with Crippen molar-refractivity contribution in [1.82, 2.24) is 20.1 Å². The molecule has 5 nitrogen and oxygen atoms in total. The van der Waals surface area contributed by atoms with Crippen LogP contribution in [0.5, 0.6) is 0 Å². The summed E-state index contributed by atoms with van der Waals surface area (Å²) in [6.45, 7) is 1.49. The Morgan fingerprint density at radius 1 is 1.11 bits per heavy atom. The Balaban J connectivity index is 1.56. The van der Waals surface area contributed by atoms with E-state index in [9.17, 15) is 4.79 Å². The third-order valence-electron chi connectivity index (χ3n) is 5.25. The molecule has 1 aliphatic heterocycles. The molecule has 2 aromatic heterocycles. The Kier molecular flexibility index (Phi) is 3.85. The van der Waals surface area contributed by atoms with Crippen LogP contribution in [-0.2, 0) is 19.4 Å². The van der Waals surface area contributed by atoms with E-state index < -0.39 is 0 Å². The van der Waals surface area contributed by atoms with Crippen LogP contribution in [0.2, 0.25) is 0 Å². The second-order valence-electron chi connectivity index (χ2n) is 7.02. The molecule has 5 rings (SSSR count). The molecule has 0 radical (unpaired) electrons. The van der Waals surface area contributed by atoms with Gasteiger partial charge in [-0.2, -0.15) is 5.10 Å². The highest BCUT2D eigenvalue weighted by molar-refractivity contribution is 5.96. The smallest absolute Gasteiger partial charge is 0.269 e. The number of benzene rings is 1. The molecule has 0 fully saturated rings. The second-order valence-corrected chi connectivity index (χ2v) is 7.02. The van der Waals surface area contributed by atoms with Gasteiger partial charge < -0.3 is 5.32 Å². The second kappa shape index (κ2) is 6.50. The van der Waals surface area contributed by atoms with Crippen LogP contribution in [0.25, 0.3) is 23.4 Å². The fourth-order valence-corrected chi connectivity index (χ4v) is 3.90. The fourth-order valence-electron chi connectivity index (χ4n) is 3.90. The van der Waals surface area contributed by atoms with Crippen LogP contribution in [0.3, 0.4) is 0 Å². The Labute approximate surface area is 157 Å². The number of fused-ring (bicyclic) bond motifs is 5. The van der Waals surface area contributed by atoms with Gasteiger partial charge in [0.05, 0.1) is 11.4 Å². The van der Waals surface area contributed by atoms with Gasteiger partial charge in [0.1, 0.15) is 5.69 Å². The van der Waals surface area contributed by atoms with Crippen LogP contribution in [0, 0.1) is 0 Å². The summed E-state index contributed by atoms with van der Waals surface area (Å²) in [5.74, 6) is 0.00273. The van der Waals surface area contributed by atoms with E-state index in [0.29, 0.717) is 6.54 Å². The molecule has 2 aliphatic rings. The molecule has 5 heteroatoms. The van der Waals surface area contributed by atoms with Crippen molar-refractivity contribution in [2.75, 3.05) is 6.54 Å². The van der Waals surface area contributed by atoms with Gasteiger partial charge in [0, 0.05) is 30.4 Å². The van der Waals surface area contributed by atoms with Crippen molar-refractivity contribution in [2.24, 2.45) is 0 Å². The summed E-state index contributed by atoms with van der Waals surface area (Å²) in [6, 6.07) is 12.3. The molecule has 0 saturated carbocycles. The predicted molar refractivity (Wildman–Crippen MR) is 105 cm³/mol. The minimum Gasteiger partial charge on any atom is -0.351 e. The van der Waals surface area contributed by atoms with Gasteiger partial charge in [-0.15, -0.1) is 0 Å². The summed E-state index contributed by atoms with van der Waals surface area (Å²) in [5, 5.41) is 7.79. The van der Waals surface area contributed by atoms with E-state index in [4.69, 9.17) is 5.10 Å². The third-order valence-corrected chi connectivity index (χ3v) is 5.25. The van der Waals surface area contributed by atoms with Gasteiger partial charge >= 0.3 is 0 Å². The number of carbonyl (C=O) groups is 1. The predicted octanol–water partition coefficient (Wildman–Crippen LogP) is 3.35. The van der Waals surface area contributed by atoms with E-state index >= 15 is 0 Å². The molecule has 0 atom stereocenters. The molecular weight excluding hydrogens is 336 g/mol. The number of amides is 1. The number of aromatic nitrogens is 3. The normalized spacial score (nSPS) is 15.6. The quantitative estimate of drug-likeness (QED) is 0.766. The van der Waals surface area contributed by atoms with Crippen LogP contribution >= 0.6 is 0 Å². The summed E-state index contributed by atoms with van der Waals surface area (Å²) in [4.78, 5) is 17.1. The number of pyridine rings is 1. The number of hydrogen-bond donors (Lipinski definition) is 1. The first-order valence-corrected chi connectivity index (χ1v) is 9.40. The Morgan fingerprint density at radius 2 is 2.00 bits per heavy atom. The molecule has 0 bridgehead atoms. The van der Waals surface area contributed by atoms with Crippen LogP contribution in [0.1, 0.15) is 39.3 Å². The largest absolute Gasteiger partial charge is 0.351 e. The molecule has 1 aromatic carbocycles. The average molecular weight is 356 g/mol. The first-order chi connectivity index (χ1) is 13.3. The first kappa shape index (κ1) is 16.0. The highest BCUT2D eigenvalue weighted by Crippen LogP contribution is 2.35. The van der Waals surface area contributed by atoms with Crippen molar-refractivity contribution in [3.63, 3.8) is 0 Å². The van der Waals surface area contributed by atoms with Crippen molar-refractivity contribution in [1.29, 1.82) is 0 Å². The summed E-state index contributed by atoms with van der Waals surface area (Å²) in [5.41, 5.74) is 7.11. The van der Waals surface area contributed by atoms with Gasteiger partial charge in [-0.05, 0) is 42.5 Å². The van der Waals surface area contributed by atoms with Gasteiger partial charge in [-0.1, -0.05) is 36.4 Å². The van der Waals surface area contributed by atoms with E-state index in [2.05, 4.69) is 34.6 Å². The zero-order valence-corrected chi connectivity index (χ0v) is 15.0. The number of carbonyl (C=O) groups excluding carboxylic acids is 1. The van der Waals surface area contributed by atoms with Gasteiger partial charge in [-0.3, -0.25) is 14.5 Å². The maximum Gasteiger partial charge on any atom is 0.269 e.